The van der Waals surface area contributed by atoms with Crippen LogP contribution in [0.5, 0.6) is 0 Å². The van der Waals surface area contributed by atoms with Crippen molar-refractivity contribution in [2.75, 3.05) is 27.2 Å². The Hall–Kier alpha value is -4.26. The third kappa shape index (κ3) is 14.1. The Kier molecular flexibility index (Phi) is 19.9. The van der Waals surface area contributed by atoms with Crippen molar-refractivity contribution in [3.8, 4) is 0 Å². The number of hydrogen-bond donors (Lipinski definition) is 2. The van der Waals surface area contributed by atoms with E-state index in [0.717, 1.165) is 22.3 Å². The minimum Gasteiger partial charge on any atom is -0.481 e. The largest absolute Gasteiger partial charge is 0.481 e. The SMILES string of the molecule is CC[C@@H](CN(C)S(=O)(=O)C1CC1)N1C(=O)[C@@](C)(CCC(=O)O)C[C@H](c2cccc(Cl)c2)C1c1ccc(Cl)cc1.CC[C@@H](CN(C)S(=O)(=O)C1CC1)N1C(=O)[C@](C)(CCC(=O)O)C[C@H](c2cccc(Cl)c2)C1c1ccc(Cl)cc1. The van der Waals surface area contributed by atoms with Crippen LogP contribution in [0.15, 0.2) is 97.1 Å². The number of halogens is 4. The normalized spacial score (nSPS) is 24.7. The summed E-state index contributed by atoms with van der Waals surface area (Å²) in [5.41, 5.74) is 1.71. The number of likely N-dealkylation sites (N-methyl/N-ethyl adjacent to an activating group) is 2. The second-order valence-electron chi connectivity index (χ2n) is 22.2. The van der Waals surface area contributed by atoms with Crippen LogP contribution in [0.1, 0.15) is 151 Å². The number of carbonyl (C=O) groups is 4. The van der Waals surface area contributed by atoms with Gasteiger partial charge in [-0.3, -0.25) is 19.2 Å². The molecule has 0 spiro atoms. The fraction of sp³-hybridized carbons (Fsp3) is 0.517. The first-order valence-electron chi connectivity index (χ1n) is 26.8. The molecule has 2 N–H and O–H groups in total. The number of likely N-dealkylation sites (tertiary alicyclic amines) is 2. The summed E-state index contributed by atoms with van der Waals surface area (Å²) in [6.45, 7) is 7.87. The van der Waals surface area contributed by atoms with Crippen LogP contribution in [0.2, 0.25) is 20.1 Å². The zero-order valence-corrected chi connectivity index (χ0v) is 49.7. The first kappa shape index (κ1) is 61.4. The predicted octanol–water partition coefficient (Wildman–Crippen LogP) is 12.2. The molecule has 8 atom stereocenters. The van der Waals surface area contributed by atoms with E-state index in [9.17, 15) is 46.2 Å². The Balaban J connectivity index is 0.000000226. The Morgan fingerprint density at radius 1 is 0.564 bits per heavy atom. The average Bonchev–Trinajstić information content (AvgIpc) is 4.42. The van der Waals surface area contributed by atoms with E-state index in [1.165, 1.54) is 8.61 Å². The Labute approximate surface area is 480 Å². The number of hydrogen-bond acceptors (Lipinski definition) is 8. The molecule has 2 heterocycles. The standard InChI is InChI=1S/2C29H36Cl2N2O5S/c2*1-4-23(18-32(3)39(37,38)24-12-13-24)33-27(19-8-10-21(30)11-9-19)25(20-6-5-7-22(31)16-20)17-29(2,28(33)36)15-14-26(34)35/h2*5-11,16,23-25,27H,4,12-15,17-18H2,1-3H3,(H,34,35)/t23-,25+,27?,29+;23-,25+,27?,29-/m00/s1. The highest BCUT2D eigenvalue weighted by Gasteiger charge is 2.54. The lowest BCUT2D eigenvalue weighted by Gasteiger charge is -2.52. The van der Waals surface area contributed by atoms with Gasteiger partial charge in [-0.05, 0) is 135 Å². The fourth-order valence-electron chi connectivity index (χ4n) is 11.7. The Morgan fingerprint density at radius 3 is 1.18 bits per heavy atom. The van der Waals surface area contributed by atoms with Gasteiger partial charge >= 0.3 is 11.9 Å². The van der Waals surface area contributed by atoms with Gasteiger partial charge in [0.2, 0.25) is 31.9 Å². The monoisotopic (exact) mass is 1190 g/mol. The van der Waals surface area contributed by atoms with Gasteiger partial charge in [0, 0.05) is 94.9 Å². The van der Waals surface area contributed by atoms with Gasteiger partial charge in [-0.2, -0.15) is 0 Å². The van der Waals surface area contributed by atoms with E-state index in [-0.39, 0.29) is 72.9 Å². The van der Waals surface area contributed by atoms with Crippen LogP contribution in [0, 0.1) is 10.8 Å². The summed E-state index contributed by atoms with van der Waals surface area (Å²) in [6.07, 6.45) is 4.60. The summed E-state index contributed by atoms with van der Waals surface area (Å²) in [5, 5.41) is 20.5. The second-order valence-corrected chi connectivity index (χ2v) is 28.6. The number of carboxylic acids is 2. The van der Waals surface area contributed by atoms with Crippen molar-refractivity contribution in [2.45, 2.75) is 151 Å². The highest BCUT2D eigenvalue weighted by atomic mass is 35.5. The molecule has 4 fully saturated rings. The molecule has 4 aromatic carbocycles. The number of rotatable bonds is 22. The molecule has 2 amide bonds. The summed E-state index contributed by atoms with van der Waals surface area (Å²) in [6, 6.07) is 28.2. The van der Waals surface area contributed by atoms with Crippen molar-refractivity contribution in [1.29, 1.82) is 0 Å². The molecular weight excluding hydrogens is 1120 g/mol. The third-order valence-corrected chi connectivity index (χ3v) is 22.0. The summed E-state index contributed by atoms with van der Waals surface area (Å²) >= 11 is 25.3. The Morgan fingerprint density at radius 2 is 0.897 bits per heavy atom. The first-order valence-corrected chi connectivity index (χ1v) is 31.3. The predicted molar refractivity (Wildman–Crippen MR) is 307 cm³/mol. The number of benzene rings is 4. The lowest BCUT2D eigenvalue weighted by Crippen LogP contribution is -2.58. The molecule has 424 valence electrons. The van der Waals surface area contributed by atoms with Crippen LogP contribution in [0.3, 0.4) is 0 Å². The van der Waals surface area contributed by atoms with E-state index in [0.29, 0.717) is 71.5 Å². The number of aliphatic carboxylic acids is 2. The van der Waals surface area contributed by atoms with Crippen LogP contribution >= 0.6 is 46.4 Å². The quantitative estimate of drug-likeness (QED) is 0.0766. The molecule has 4 aliphatic rings. The molecule has 20 heteroatoms. The van der Waals surface area contributed by atoms with Gasteiger partial charge in [0.05, 0.1) is 22.6 Å². The third-order valence-electron chi connectivity index (χ3n) is 16.4. The van der Waals surface area contributed by atoms with E-state index >= 15 is 0 Å². The van der Waals surface area contributed by atoms with Gasteiger partial charge in [0.15, 0.2) is 0 Å². The highest BCUT2D eigenvalue weighted by molar-refractivity contribution is 7.90. The maximum Gasteiger partial charge on any atom is 0.303 e. The van der Waals surface area contributed by atoms with Crippen LogP contribution in [-0.2, 0) is 39.2 Å². The van der Waals surface area contributed by atoms with Gasteiger partial charge in [0.1, 0.15) is 0 Å². The number of carbonyl (C=O) groups excluding carboxylic acids is 2. The van der Waals surface area contributed by atoms with Gasteiger partial charge in [0.25, 0.3) is 0 Å². The molecule has 2 aliphatic carbocycles. The number of carboxylic acid groups (broad SMARTS) is 2. The van der Waals surface area contributed by atoms with Crippen molar-refractivity contribution < 1.29 is 46.2 Å². The number of amides is 2. The maximum absolute atomic E-state index is 14.4. The van der Waals surface area contributed by atoms with Crippen molar-refractivity contribution in [3.63, 3.8) is 0 Å². The number of piperidine rings is 2. The van der Waals surface area contributed by atoms with E-state index in [1.54, 1.807) is 50.5 Å². The van der Waals surface area contributed by atoms with E-state index in [1.807, 2.05) is 98.2 Å². The average molecular weight is 1190 g/mol. The molecule has 4 aromatic rings. The molecule has 78 heavy (non-hydrogen) atoms. The van der Waals surface area contributed by atoms with Crippen molar-refractivity contribution in [1.82, 2.24) is 18.4 Å². The van der Waals surface area contributed by atoms with Crippen LogP contribution in [0.25, 0.3) is 0 Å². The summed E-state index contributed by atoms with van der Waals surface area (Å²) < 4.78 is 55.0. The summed E-state index contributed by atoms with van der Waals surface area (Å²) in [7, 11) is -3.74. The summed E-state index contributed by atoms with van der Waals surface area (Å²) in [5.74, 6) is -2.66. The fourth-order valence-corrected chi connectivity index (χ4v) is 15.5. The van der Waals surface area contributed by atoms with Gasteiger partial charge < -0.3 is 20.0 Å². The molecule has 2 unspecified atom stereocenters. The van der Waals surface area contributed by atoms with Crippen molar-refractivity contribution in [3.05, 3.63) is 139 Å². The lowest BCUT2D eigenvalue weighted by atomic mass is 9.66. The van der Waals surface area contributed by atoms with Gasteiger partial charge in [-0.1, -0.05) is 123 Å². The smallest absolute Gasteiger partial charge is 0.303 e. The Bertz CT molecular complexity index is 2830. The number of nitrogens with zero attached hydrogens (tertiary/aromatic N) is 4. The van der Waals surface area contributed by atoms with E-state index in [2.05, 4.69) is 0 Å². The second kappa shape index (κ2) is 25.3. The van der Waals surface area contributed by atoms with Crippen molar-refractivity contribution >= 4 is 90.2 Å². The molecule has 0 radical (unpaired) electrons. The zero-order chi connectivity index (χ0) is 57.1. The van der Waals surface area contributed by atoms with Crippen LogP contribution in [-0.4, -0.2) is 119 Å². The molecule has 0 bridgehead atoms. The molecule has 8 rings (SSSR count). The molecule has 2 aliphatic heterocycles. The zero-order valence-electron chi connectivity index (χ0n) is 45.0. The highest BCUT2D eigenvalue weighted by Crippen LogP contribution is 2.54. The number of sulfonamides is 2. The van der Waals surface area contributed by atoms with E-state index in [4.69, 9.17) is 46.4 Å². The molecular formula is C58H72Cl4N4O10S2. The van der Waals surface area contributed by atoms with Gasteiger partial charge in [-0.25, -0.2) is 25.4 Å². The van der Waals surface area contributed by atoms with Crippen molar-refractivity contribution in [2.24, 2.45) is 10.8 Å². The topological polar surface area (TPSA) is 190 Å². The minimum absolute atomic E-state index is 0.142. The van der Waals surface area contributed by atoms with Crippen LogP contribution in [0.4, 0.5) is 0 Å². The summed E-state index contributed by atoms with van der Waals surface area (Å²) in [4.78, 5) is 55.7. The van der Waals surface area contributed by atoms with E-state index < -0.39 is 67.0 Å². The molecule has 2 saturated heterocycles. The van der Waals surface area contributed by atoms with Crippen LogP contribution < -0.4 is 0 Å². The van der Waals surface area contributed by atoms with Gasteiger partial charge in [-0.15, -0.1) is 0 Å². The molecule has 0 aromatic heterocycles. The molecule has 14 nitrogen and oxygen atoms in total. The maximum atomic E-state index is 14.4. The first-order chi connectivity index (χ1) is 36.7. The molecule has 2 saturated carbocycles. The lowest BCUT2D eigenvalue weighted by molar-refractivity contribution is -0.157. The minimum atomic E-state index is -3.45.